The number of carbonyl (C=O) groups excluding carboxylic acids is 2. The Morgan fingerprint density at radius 3 is 2.32 bits per heavy atom. The molecule has 2 aromatic carbocycles. The molecule has 0 aliphatic carbocycles. The van der Waals surface area contributed by atoms with Crippen LogP contribution in [-0.4, -0.2) is 38.6 Å². The van der Waals surface area contributed by atoms with Crippen LogP contribution in [0.4, 0.5) is 5.69 Å². The highest BCUT2D eigenvalue weighted by molar-refractivity contribution is 7.92. The molecule has 0 aromatic heterocycles. The van der Waals surface area contributed by atoms with Crippen molar-refractivity contribution in [1.29, 1.82) is 0 Å². The van der Waals surface area contributed by atoms with E-state index in [0.717, 1.165) is 11.1 Å². The molecule has 6 nitrogen and oxygen atoms in total. The van der Waals surface area contributed by atoms with Gasteiger partial charge in [-0.15, -0.1) is 0 Å². The predicted molar refractivity (Wildman–Crippen MR) is 107 cm³/mol. The van der Waals surface area contributed by atoms with E-state index >= 15 is 0 Å². The molecule has 0 amide bonds. The van der Waals surface area contributed by atoms with Crippen molar-refractivity contribution < 1.29 is 22.7 Å². The lowest BCUT2D eigenvalue weighted by molar-refractivity contribution is 0.0318. The molecule has 0 bridgehead atoms. The number of rotatable bonds is 5. The van der Waals surface area contributed by atoms with E-state index in [1.807, 2.05) is 26.0 Å². The Labute approximate surface area is 165 Å². The van der Waals surface area contributed by atoms with E-state index in [0.29, 0.717) is 23.2 Å². The van der Waals surface area contributed by atoms with Crippen molar-refractivity contribution >= 4 is 27.5 Å². The second kappa shape index (κ2) is 7.39. The van der Waals surface area contributed by atoms with Gasteiger partial charge in [0, 0.05) is 11.6 Å². The summed E-state index contributed by atoms with van der Waals surface area (Å²) in [6, 6.07) is 11.6. The van der Waals surface area contributed by atoms with Crippen molar-refractivity contribution in [3.8, 4) is 0 Å². The van der Waals surface area contributed by atoms with Gasteiger partial charge in [0.25, 0.3) is 0 Å². The Kier molecular flexibility index (Phi) is 5.30. The number of ketones is 1. The van der Waals surface area contributed by atoms with Gasteiger partial charge >= 0.3 is 5.97 Å². The van der Waals surface area contributed by atoms with Crippen molar-refractivity contribution in [2.24, 2.45) is 0 Å². The molecule has 1 heterocycles. The van der Waals surface area contributed by atoms with Crippen molar-refractivity contribution in [1.82, 2.24) is 0 Å². The van der Waals surface area contributed by atoms with Crippen LogP contribution in [0.1, 0.15) is 45.7 Å². The SMILES string of the molecule is Cc1ccc(C(=O)[C@H](C)OC(=O)c2ccc3c(c2)C[C@@H](C)N3S(C)(=O)=O)cc1. The first-order valence-electron chi connectivity index (χ1n) is 9.02. The molecule has 0 N–H and O–H groups in total. The maximum Gasteiger partial charge on any atom is 0.338 e. The lowest BCUT2D eigenvalue weighted by atomic mass is 10.1. The van der Waals surface area contributed by atoms with E-state index in [1.165, 1.54) is 16.6 Å². The quantitative estimate of drug-likeness (QED) is 0.568. The first-order valence-corrected chi connectivity index (χ1v) is 10.9. The van der Waals surface area contributed by atoms with E-state index in [9.17, 15) is 18.0 Å². The molecule has 0 saturated heterocycles. The van der Waals surface area contributed by atoms with Crippen LogP contribution in [0, 0.1) is 6.92 Å². The summed E-state index contributed by atoms with van der Waals surface area (Å²) in [7, 11) is -3.39. The van der Waals surface area contributed by atoms with Crippen LogP contribution in [0.25, 0.3) is 0 Å². The number of esters is 1. The molecule has 0 unspecified atom stereocenters. The van der Waals surface area contributed by atoms with Gasteiger partial charge in [-0.1, -0.05) is 29.8 Å². The summed E-state index contributed by atoms with van der Waals surface area (Å²) in [5.74, 6) is -0.882. The van der Waals surface area contributed by atoms with E-state index < -0.39 is 22.1 Å². The third-order valence-corrected chi connectivity index (χ3v) is 6.09. The normalized spacial score (nSPS) is 17.1. The fourth-order valence-electron chi connectivity index (χ4n) is 3.47. The Morgan fingerprint density at radius 1 is 1.11 bits per heavy atom. The number of hydrogen-bond donors (Lipinski definition) is 0. The van der Waals surface area contributed by atoms with Gasteiger partial charge in [0.15, 0.2) is 6.10 Å². The minimum atomic E-state index is -3.39. The van der Waals surface area contributed by atoms with Crippen molar-refractivity contribution in [3.05, 3.63) is 64.7 Å². The lowest BCUT2D eigenvalue weighted by Crippen LogP contribution is -2.34. The summed E-state index contributed by atoms with van der Waals surface area (Å²) in [6.07, 6.45) is 0.760. The Balaban J connectivity index is 1.76. The topological polar surface area (TPSA) is 80.8 Å². The number of carbonyl (C=O) groups is 2. The molecular formula is C21H23NO5S. The van der Waals surface area contributed by atoms with E-state index in [4.69, 9.17) is 4.74 Å². The van der Waals surface area contributed by atoms with Gasteiger partial charge in [-0.3, -0.25) is 9.10 Å². The van der Waals surface area contributed by atoms with Crippen LogP contribution in [0.2, 0.25) is 0 Å². The van der Waals surface area contributed by atoms with Gasteiger partial charge in [0.1, 0.15) is 0 Å². The average Bonchev–Trinajstić information content (AvgIpc) is 2.96. The summed E-state index contributed by atoms with van der Waals surface area (Å²) in [5, 5.41) is 0. The molecule has 148 valence electrons. The molecule has 3 rings (SSSR count). The van der Waals surface area contributed by atoms with Crippen LogP contribution in [0.5, 0.6) is 0 Å². The Bertz CT molecular complexity index is 1030. The molecule has 1 aliphatic rings. The van der Waals surface area contributed by atoms with Crippen molar-refractivity contribution in [2.75, 3.05) is 10.6 Å². The van der Waals surface area contributed by atoms with E-state index in [-0.39, 0.29) is 11.8 Å². The number of fused-ring (bicyclic) bond motifs is 1. The predicted octanol–water partition coefficient (Wildman–Crippen LogP) is 3.13. The van der Waals surface area contributed by atoms with Gasteiger partial charge in [-0.2, -0.15) is 0 Å². The maximum atomic E-state index is 12.5. The average molecular weight is 401 g/mol. The zero-order valence-electron chi connectivity index (χ0n) is 16.3. The zero-order valence-corrected chi connectivity index (χ0v) is 17.1. The van der Waals surface area contributed by atoms with Gasteiger partial charge in [0.05, 0.1) is 17.5 Å². The molecule has 0 radical (unpaired) electrons. The number of Topliss-reactive ketones (excluding diaryl/α,β-unsaturated/α-hetero) is 1. The van der Waals surface area contributed by atoms with Gasteiger partial charge < -0.3 is 4.74 Å². The number of nitrogens with zero attached hydrogens (tertiary/aromatic N) is 1. The minimum Gasteiger partial charge on any atom is -0.451 e. The number of aryl methyl sites for hydroxylation is 1. The second-order valence-electron chi connectivity index (χ2n) is 7.23. The highest BCUT2D eigenvalue weighted by Gasteiger charge is 2.33. The van der Waals surface area contributed by atoms with E-state index in [1.54, 1.807) is 31.2 Å². The molecule has 0 saturated carbocycles. The molecule has 1 aliphatic heterocycles. The van der Waals surface area contributed by atoms with Crippen molar-refractivity contribution in [2.45, 2.75) is 39.3 Å². The molecule has 7 heteroatoms. The minimum absolute atomic E-state index is 0.210. The largest absolute Gasteiger partial charge is 0.451 e. The van der Waals surface area contributed by atoms with Crippen molar-refractivity contribution in [3.63, 3.8) is 0 Å². The third-order valence-electron chi connectivity index (χ3n) is 4.81. The standard InChI is InChI=1S/C21H23NO5S/c1-13-5-7-16(8-6-13)20(23)15(3)27-21(24)17-9-10-19-18(12-17)11-14(2)22(19)28(4,25)26/h5-10,12,14-15H,11H2,1-4H3/t14-,15+/m1/s1. The molecular weight excluding hydrogens is 378 g/mol. The van der Waals surface area contributed by atoms with Crippen LogP contribution >= 0.6 is 0 Å². The second-order valence-corrected chi connectivity index (χ2v) is 9.09. The number of sulfonamides is 1. The fraction of sp³-hybridized carbons (Fsp3) is 0.333. The highest BCUT2D eigenvalue weighted by Crippen LogP contribution is 2.34. The Hall–Kier alpha value is -2.67. The zero-order chi connectivity index (χ0) is 20.6. The number of hydrogen-bond acceptors (Lipinski definition) is 5. The Morgan fingerprint density at radius 2 is 1.71 bits per heavy atom. The first-order chi connectivity index (χ1) is 13.1. The van der Waals surface area contributed by atoms with Crippen LogP contribution in [0.3, 0.4) is 0 Å². The maximum absolute atomic E-state index is 12.5. The lowest BCUT2D eigenvalue weighted by Gasteiger charge is -2.22. The number of ether oxygens (including phenoxy) is 1. The first kappa shape index (κ1) is 20.1. The summed E-state index contributed by atoms with van der Waals surface area (Å²) < 4.78 is 30.7. The molecule has 0 spiro atoms. The number of benzene rings is 2. The summed E-state index contributed by atoms with van der Waals surface area (Å²) in [5.41, 5.74) is 3.17. The van der Waals surface area contributed by atoms with Crippen LogP contribution in [-0.2, 0) is 21.2 Å². The van der Waals surface area contributed by atoms with Gasteiger partial charge in [-0.25, -0.2) is 13.2 Å². The molecule has 2 atom stereocenters. The fourth-order valence-corrected chi connectivity index (χ4v) is 4.73. The summed E-state index contributed by atoms with van der Waals surface area (Å²) in [6.45, 7) is 5.29. The van der Waals surface area contributed by atoms with Crippen LogP contribution < -0.4 is 4.31 Å². The van der Waals surface area contributed by atoms with E-state index in [2.05, 4.69) is 0 Å². The smallest absolute Gasteiger partial charge is 0.338 e. The molecule has 0 fully saturated rings. The third kappa shape index (κ3) is 3.94. The molecule has 2 aromatic rings. The van der Waals surface area contributed by atoms with Crippen LogP contribution in [0.15, 0.2) is 42.5 Å². The number of anilines is 1. The monoisotopic (exact) mass is 401 g/mol. The van der Waals surface area contributed by atoms with Gasteiger partial charge in [-0.05, 0) is 51.0 Å². The highest BCUT2D eigenvalue weighted by atomic mass is 32.2. The summed E-state index contributed by atoms with van der Waals surface area (Å²) >= 11 is 0. The molecule has 28 heavy (non-hydrogen) atoms. The van der Waals surface area contributed by atoms with Gasteiger partial charge in [0.2, 0.25) is 15.8 Å². The summed E-state index contributed by atoms with van der Waals surface area (Å²) in [4.78, 5) is 25.0.